The molecule has 0 unspecified atom stereocenters. The highest BCUT2D eigenvalue weighted by atomic mass is 35.5. The minimum absolute atomic E-state index is 0.0806. The second kappa shape index (κ2) is 7.09. The maximum atomic E-state index is 12.8. The lowest BCUT2D eigenvalue weighted by molar-refractivity contribution is -0.00620. The SMILES string of the molecule is Cc1ccc2c(c1C)OC1(CCN(C(=O)c3ccc(Cl)c(Cl)c3)CC1)CC2=O. The monoisotopic (exact) mass is 417 g/mol. The molecule has 0 bridgehead atoms. The molecule has 0 N–H and O–H groups in total. The molecule has 2 aromatic carbocycles. The molecule has 2 heterocycles. The Labute approximate surface area is 174 Å². The van der Waals surface area contributed by atoms with Crippen molar-refractivity contribution in [3.63, 3.8) is 0 Å². The summed E-state index contributed by atoms with van der Waals surface area (Å²) in [6.45, 7) is 5.08. The number of amides is 1. The average molecular weight is 418 g/mol. The van der Waals surface area contributed by atoms with E-state index in [1.54, 1.807) is 23.1 Å². The van der Waals surface area contributed by atoms with E-state index in [-0.39, 0.29) is 11.7 Å². The number of hydrogen-bond acceptors (Lipinski definition) is 3. The van der Waals surface area contributed by atoms with Crippen molar-refractivity contribution in [2.45, 2.75) is 38.7 Å². The lowest BCUT2D eigenvalue weighted by atomic mass is 9.81. The zero-order chi connectivity index (χ0) is 20.1. The van der Waals surface area contributed by atoms with Crippen molar-refractivity contribution in [1.82, 2.24) is 4.90 Å². The molecule has 1 fully saturated rings. The summed E-state index contributed by atoms with van der Waals surface area (Å²) < 4.78 is 6.41. The van der Waals surface area contributed by atoms with Crippen molar-refractivity contribution < 1.29 is 14.3 Å². The van der Waals surface area contributed by atoms with Gasteiger partial charge in [-0.3, -0.25) is 9.59 Å². The summed E-state index contributed by atoms with van der Waals surface area (Å²) in [7, 11) is 0. The fourth-order valence-corrected chi connectivity index (χ4v) is 4.29. The topological polar surface area (TPSA) is 46.6 Å². The molecule has 28 heavy (non-hydrogen) atoms. The molecule has 0 atom stereocenters. The van der Waals surface area contributed by atoms with E-state index < -0.39 is 5.60 Å². The number of halogens is 2. The zero-order valence-corrected chi connectivity index (χ0v) is 17.4. The summed E-state index contributed by atoms with van der Waals surface area (Å²) in [6.07, 6.45) is 1.61. The van der Waals surface area contributed by atoms with Crippen LogP contribution in [0.25, 0.3) is 0 Å². The van der Waals surface area contributed by atoms with Gasteiger partial charge < -0.3 is 9.64 Å². The van der Waals surface area contributed by atoms with Crippen molar-refractivity contribution in [2.75, 3.05) is 13.1 Å². The third-order valence-electron chi connectivity index (χ3n) is 5.91. The maximum absolute atomic E-state index is 12.8. The predicted molar refractivity (Wildman–Crippen MR) is 110 cm³/mol. The van der Waals surface area contributed by atoms with Crippen LogP contribution in [-0.4, -0.2) is 35.3 Å². The molecule has 1 saturated heterocycles. The number of piperidine rings is 1. The summed E-state index contributed by atoms with van der Waals surface area (Å²) >= 11 is 12.0. The van der Waals surface area contributed by atoms with Crippen LogP contribution in [0.15, 0.2) is 30.3 Å². The Bertz CT molecular complexity index is 978. The molecule has 0 aliphatic carbocycles. The standard InChI is InChI=1S/C22H21Cl2NO3/c1-13-3-5-16-19(26)12-22(28-20(16)14(13)2)7-9-25(10-8-22)21(27)15-4-6-17(23)18(24)11-15/h3-6,11H,7-10,12H2,1-2H3. The van der Waals surface area contributed by atoms with E-state index in [1.807, 2.05) is 26.0 Å². The molecule has 4 rings (SSSR count). The van der Waals surface area contributed by atoms with E-state index >= 15 is 0 Å². The van der Waals surface area contributed by atoms with Crippen molar-refractivity contribution >= 4 is 34.9 Å². The molecule has 4 nitrogen and oxygen atoms in total. The molecule has 0 aromatic heterocycles. The normalized spacial score (nSPS) is 18.0. The van der Waals surface area contributed by atoms with E-state index in [4.69, 9.17) is 27.9 Å². The number of rotatable bonds is 1. The Morgan fingerprint density at radius 3 is 2.46 bits per heavy atom. The Morgan fingerprint density at radius 2 is 1.79 bits per heavy atom. The van der Waals surface area contributed by atoms with Crippen LogP contribution in [0.1, 0.15) is 51.1 Å². The van der Waals surface area contributed by atoms with Gasteiger partial charge in [-0.25, -0.2) is 0 Å². The number of benzene rings is 2. The number of aryl methyl sites for hydroxylation is 1. The van der Waals surface area contributed by atoms with Gasteiger partial charge in [-0.2, -0.15) is 0 Å². The van der Waals surface area contributed by atoms with Crippen LogP contribution in [0, 0.1) is 13.8 Å². The van der Waals surface area contributed by atoms with Crippen LogP contribution in [0.5, 0.6) is 5.75 Å². The number of fused-ring (bicyclic) bond motifs is 1. The summed E-state index contributed by atoms with van der Waals surface area (Å²) in [5.41, 5.74) is 2.78. The smallest absolute Gasteiger partial charge is 0.253 e. The van der Waals surface area contributed by atoms with E-state index in [9.17, 15) is 9.59 Å². The van der Waals surface area contributed by atoms with Crippen molar-refractivity contribution in [1.29, 1.82) is 0 Å². The molecular weight excluding hydrogens is 397 g/mol. The fraction of sp³-hybridized carbons (Fsp3) is 0.364. The van der Waals surface area contributed by atoms with Crippen LogP contribution in [-0.2, 0) is 0 Å². The van der Waals surface area contributed by atoms with Gasteiger partial charge in [0.25, 0.3) is 5.91 Å². The first-order valence-corrected chi connectivity index (χ1v) is 10.1. The lowest BCUT2D eigenvalue weighted by Gasteiger charge is -2.44. The maximum Gasteiger partial charge on any atom is 0.253 e. The molecule has 2 aliphatic heterocycles. The number of nitrogens with zero attached hydrogens (tertiary/aromatic N) is 1. The molecule has 0 saturated carbocycles. The van der Waals surface area contributed by atoms with Crippen molar-refractivity contribution in [2.24, 2.45) is 0 Å². The van der Waals surface area contributed by atoms with Crippen LogP contribution in [0.2, 0.25) is 10.0 Å². The first-order valence-electron chi connectivity index (χ1n) is 9.36. The van der Waals surface area contributed by atoms with Gasteiger partial charge in [0.2, 0.25) is 0 Å². The number of ketones is 1. The largest absolute Gasteiger partial charge is 0.486 e. The summed E-state index contributed by atoms with van der Waals surface area (Å²) in [5, 5.41) is 0.791. The van der Waals surface area contributed by atoms with E-state index in [1.165, 1.54) is 0 Å². The Balaban J connectivity index is 1.52. The fourth-order valence-electron chi connectivity index (χ4n) is 3.99. The number of ether oxygens (including phenoxy) is 1. The highest BCUT2D eigenvalue weighted by Gasteiger charge is 2.44. The summed E-state index contributed by atoms with van der Waals surface area (Å²) in [4.78, 5) is 27.3. The first-order chi connectivity index (χ1) is 13.3. The Morgan fingerprint density at radius 1 is 1.07 bits per heavy atom. The first kappa shape index (κ1) is 19.3. The quantitative estimate of drug-likeness (QED) is 0.636. The van der Waals surface area contributed by atoms with Gasteiger partial charge in [-0.05, 0) is 49.2 Å². The third-order valence-corrected chi connectivity index (χ3v) is 6.65. The minimum atomic E-state index is -0.531. The Hall–Kier alpha value is -2.04. The molecule has 1 amide bonds. The van der Waals surface area contributed by atoms with Gasteiger partial charge in [0, 0.05) is 31.5 Å². The molecular formula is C22H21Cl2NO3. The molecule has 1 spiro atoms. The van der Waals surface area contributed by atoms with Gasteiger partial charge in [0.05, 0.1) is 22.0 Å². The van der Waals surface area contributed by atoms with Crippen LogP contribution in [0.4, 0.5) is 0 Å². The highest BCUT2D eigenvalue weighted by molar-refractivity contribution is 6.42. The highest BCUT2D eigenvalue weighted by Crippen LogP contribution is 2.42. The molecule has 2 aliphatic rings. The predicted octanol–water partition coefficient (Wildman–Crippen LogP) is 5.25. The third kappa shape index (κ3) is 3.29. The van der Waals surface area contributed by atoms with Gasteiger partial charge in [0.15, 0.2) is 5.78 Å². The van der Waals surface area contributed by atoms with Crippen molar-refractivity contribution in [3.05, 3.63) is 62.6 Å². The van der Waals surface area contributed by atoms with Crippen LogP contribution >= 0.6 is 23.2 Å². The second-order valence-corrected chi connectivity index (χ2v) is 8.50. The summed E-state index contributed by atoms with van der Waals surface area (Å²) in [5.74, 6) is 0.747. The van der Waals surface area contributed by atoms with Gasteiger partial charge >= 0.3 is 0 Å². The number of likely N-dealkylation sites (tertiary alicyclic amines) is 1. The van der Waals surface area contributed by atoms with E-state index in [0.717, 1.165) is 11.1 Å². The number of hydrogen-bond donors (Lipinski definition) is 0. The molecule has 0 radical (unpaired) electrons. The number of carbonyl (C=O) groups is 2. The number of Topliss-reactive ketones (excluding diaryl/α,β-unsaturated/α-hetero) is 1. The molecule has 146 valence electrons. The van der Waals surface area contributed by atoms with E-state index in [2.05, 4.69) is 0 Å². The van der Waals surface area contributed by atoms with Gasteiger partial charge in [-0.1, -0.05) is 29.3 Å². The second-order valence-electron chi connectivity index (χ2n) is 7.69. The lowest BCUT2D eigenvalue weighted by Crippen LogP contribution is -2.52. The van der Waals surface area contributed by atoms with Gasteiger partial charge in [-0.15, -0.1) is 0 Å². The average Bonchev–Trinajstić information content (AvgIpc) is 2.67. The van der Waals surface area contributed by atoms with Crippen molar-refractivity contribution in [3.8, 4) is 5.75 Å². The summed E-state index contributed by atoms with van der Waals surface area (Å²) in [6, 6.07) is 8.73. The molecule has 2 aromatic rings. The molecule has 6 heteroatoms. The van der Waals surface area contributed by atoms with Gasteiger partial charge in [0.1, 0.15) is 11.4 Å². The zero-order valence-electron chi connectivity index (χ0n) is 15.9. The Kier molecular flexibility index (Phi) is 4.88. The van der Waals surface area contributed by atoms with E-state index in [0.29, 0.717) is 59.3 Å². The number of carbonyl (C=O) groups excluding carboxylic acids is 2. The van der Waals surface area contributed by atoms with Crippen LogP contribution in [0.3, 0.4) is 0 Å². The van der Waals surface area contributed by atoms with Crippen LogP contribution < -0.4 is 4.74 Å². The minimum Gasteiger partial charge on any atom is -0.486 e.